The number of nitrogens with one attached hydrogen (secondary N) is 1. The molecule has 3 N–H and O–H groups in total. The van der Waals surface area contributed by atoms with Crippen molar-refractivity contribution in [3.8, 4) is 0 Å². The molecule has 0 saturated heterocycles. The van der Waals surface area contributed by atoms with E-state index in [-0.39, 0.29) is 0 Å². The Balaban J connectivity index is 1.83. The van der Waals surface area contributed by atoms with Crippen LogP contribution in [0.1, 0.15) is 19.8 Å². The number of likely N-dealkylation sites (N-methyl/N-ethyl adjacent to an activating group) is 1. The number of rotatable bonds is 6. The molecule has 0 amide bonds. The first-order chi connectivity index (χ1) is 8.22. The van der Waals surface area contributed by atoms with Crippen LogP contribution in [0, 0.1) is 0 Å². The van der Waals surface area contributed by atoms with Crippen LogP contribution in [0.25, 0.3) is 0 Å². The Morgan fingerprint density at radius 3 is 2.94 bits per heavy atom. The molecule has 1 heterocycles. The number of hydrogen-bond acceptors (Lipinski definition) is 5. The summed E-state index contributed by atoms with van der Waals surface area (Å²) >= 11 is 3.38. The van der Waals surface area contributed by atoms with Crippen molar-refractivity contribution in [3.63, 3.8) is 0 Å². The Morgan fingerprint density at radius 2 is 2.29 bits per heavy atom. The van der Waals surface area contributed by atoms with E-state index < -0.39 is 0 Å². The fraction of sp³-hybridized carbons (Fsp3) is 0.636. The lowest BCUT2D eigenvalue weighted by atomic mass is 10.4. The maximum atomic E-state index is 5.69. The lowest BCUT2D eigenvalue weighted by Gasteiger charge is -2.20. The van der Waals surface area contributed by atoms with Crippen LogP contribution in [0.3, 0.4) is 0 Å². The van der Waals surface area contributed by atoms with E-state index in [1.807, 2.05) is 0 Å². The van der Waals surface area contributed by atoms with Crippen molar-refractivity contribution in [1.82, 2.24) is 14.9 Å². The minimum absolute atomic E-state index is 0.469. The minimum atomic E-state index is 0.469. The van der Waals surface area contributed by atoms with Crippen molar-refractivity contribution in [2.75, 3.05) is 30.7 Å². The average Bonchev–Trinajstić information content (AvgIpc) is 3.14. The highest BCUT2D eigenvalue weighted by Gasteiger charge is 2.27. The number of hydrogen-bond donors (Lipinski definition) is 2. The highest BCUT2D eigenvalue weighted by atomic mass is 79.9. The zero-order chi connectivity index (χ0) is 12.3. The van der Waals surface area contributed by atoms with Gasteiger partial charge in [-0.05, 0) is 35.3 Å². The first-order valence-electron chi connectivity index (χ1n) is 5.96. The third-order valence-corrected chi connectivity index (χ3v) is 3.76. The van der Waals surface area contributed by atoms with Crippen LogP contribution in [0.15, 0.2) is 10.8 Å². The Bertz CT molecular complexity index is 380. The molecule has 1 aromatic rings. The standard InChI is InChI=1S/C11H18BrN5/c1-2-17(8-3-4-8)6-5-14-11-9(12)10(13)15-7-16-11/h7-8H,2-6H2,1H3,(H3,13,14,15,16). The second-order valence-corrected chi connectivity index (χ2v) is 5.00. The maximum Gasteiger partial charge on any atom is 0.145 e. The summed E-state index contributed by atoms with van der Waals surface area (Å²) in [5.41, 5.74) is 5.69. The van der Waals surface area contributed by atoms with Gasteiger partial charge in [-0.3, -0.25) is 4.90 Å². The van der Waals surface area contributed by atoms with Crippen molar-refractivity contribution in [2.45, 2.75) is 25.8 Å². The minimum Gasteiger partial charge on any atom is -0.383 e. The Morgan fingerprint density at radius 1 is 1.53 bits per heavy atom. The second-order valence-electron chi connectivity index (χ2n) is 4.21. The quantitative estimate of drug-likeness (QED) is 0.837. The second kappa shape index (κ2) is 5.64. The normalized spacial score (nSPS) is 15.2. The van der Waals surface area contributed by atoms with Gasteiger partial charge in [-0.1, -0.05) is 6.92 Å². The molecule has 6 heteroatoms. The number of nitrogens with two attached hydrogens (primary N) is 1. The molecule has 0 aromatic carbocycles. The third kappa shape index (κ3) is 3.29. The lowest BCUT2D eigenvalue weighted by Crippen LogP contribution is -2.31. The van der Waals surface area contributed by atoms with Gasteiger partial charge in [0.2, 0.25) is 0 Å². The van der Waals surface area contributed by atoms with E-state index in [1.54, 1.807) is 0 Å². The summed E-state index contributed by atoms with van der Waals surface area (Å²) in [6.07, 6.45) is 4.16. The van der Waals surface area contributed by atoms with Gasteiger partial charge in [0, 0.05) is 19.1 Å². The fourth-order valence-electron chi connectivity index (χ4n) is 1.86. The molecule has 17 heavy (non-hydrogen) atoms. The molecule has 5 nitrogen and oxygen atoms in total. The van der Waals surface area contributed by atoms with Crippen LogP contribution in [0.2, 0.25) is 0 Å². The molecule has 1 saturated carbocycles. The zero-order valence-electron chi connectivity index (χ0n) is 9.99. The summed E-state index contributed by atoms with van der Waals surface area (Å²) in [6.45, 7) is 5.23. The van der Waals surface area contributed by atoms with Crippen LogP contribution < -0.4 is 11.1 Å². The van der Waals surface area contributed by atoms with E-state index in [9.17, 15) is 0 Å². The van der Waals surface area contributed by atoms with E-state index in [0.717, 1.165) is 36.0 Å². The predicted octanol–water partition coefficient (Wildman–Crippen LogP) is 1.72. The fourth-order valence-corrected chi connectivity index (χ4v) is 2.21. The van der Waals surface area contributed by atoms with Crippen LogP contribution in [-0.4, -0.2) is 40.5 Å². The summed E-state index contributed by atoms with van der Waals surface area (Å²) in [5.74, 6) is 1.24. The van der Waals surface area contributed by atoms with Gasteiger partial charge < -0.3 is 11.1 Å². The van der Waals surface area contributed by atoms with Gasteiger partial charge in [-0.25, -0.2) is 9.97 Å². The van der Waals surface area contributed by atoms with Gasteiger partial charge in [-0.2, -0.15) is 0 Å². The molecule has 2 rings (SSSR count). The SMILES string of the molecule is CCN(CCNc1ncnc(N)c1Br)C1CC1. The maximum absolute atomic E-state index is 5.69. The summed E-state index contributed by atoms with van der Waals surface area (Å²) < 4.78 is 0.745. The third-order valence-electron chi connectivity index (χ3n) is 2.98. The van der Waals surface area contributed by atoms with E-state index in [1.165, 1.54) is 19.2 Å². The van der Waals surface area contributed by atoms with Gasteiger partial charge in [0.15, 0.2) is 0 Å². The summed E-state index contributed by atoms with van der Waals surface area (Å²) in [4.78, 5) is 10.6. The number of nitrogens with zero attached hydrogens (tertiary/aromatic N) is 3. The summed E-state index contributed by atoms with van der Waals surface area (Å²) in [7, 11) is 0. The van der Waals surface area contributed by atoms with Crippen molar-refractivity contribution in [2.24, 2.45) is 0 Å². The van der Waals surface area contributed by atoms with Crippen molar-refractivity contribution in [3.05, 3.63) is 10.8 Å². The van der Waals surface area contributed by atoms with E-state index >= 15 is 0 Å². The molecule has 0 bridgehead atoms. The largest absolute Gasteiger partial charge is 0.383 e. The van der Waals surface area contributed by atoms with Crippen LogP contribution in [-0.2, 0) is 0 Å². The van der Waals surface area contributed by atoms with E-state index in [4.69, 9.17) is 5.73 Å². The molecule has 0 spiro atoms. The smallest absolute Gasteiger partial charge is 0.145 e. The van der Waals surface area contributed by atoms with Gasteiger partial charge in [0.05, 0.1) is 0 Å². The summed E-state index contributed by atoms with van der Waals surface area (Å²) in [5, 5.41) is 3.28. The zero-order valence-corrected chi connectivity index (χ0v) is 11.6. The monoisotopic (exact) mass is 299 g/mol. The predicted molar refractivity (Wildman–Crippen MR) is 72.9 cm³/mol. The Hall–Kier alpha value is -0.880. The molecule has 0 atom stereocenters. The number of halogens is 1. The molecule has 1 aliphatic rings. The van der Waals surface area contributed by atoms with Gasteiger partial charge in [0.25, 0.3) is 0 Å². The lowest BCUT2D eigenvalue weighted by molar-refractivity contribution is 0.289. The average molecular weight is 300 g/mol. The molecule has 94 valence electrons. The van der Waals surface area contributed by atoms with Crippen LogP contribution >= 0.6 is 15.9 Å². The Kier molecular flexibility index (Phi) is 4.17. The molecule has 1 fully saturated rings. The number of anilines is 2. The van der Waals surface area contributed by atoms with Gasteiger partial charge in [-0.15, -0.1) is 0 Å². The molecular formula is C11H18BrN5. The summed E-state index contributed by atoms with van der Waals surface area (Å²) in [6, 6.07) is 0.806. The molecule has 0 aliphatic heterocycles. The number of nitrogen functional groups attached to an aromatic ring is 1. The first kappa shape index (κ1) is 12.6. The first-order valence-corrected chi connectivity index (χ1v) is 6.75. The highest BCUT2D eigenvalue weighted by molar-refractivity contribution is 9.10. The topological polar surface area (TPSA) is 67.1 Å². The van der Waals surface area contributed by atoms with Crippen LogP contribution in [0.4, 0.5) is 11.6 Å². The highest BCUT2D eigenvalue weighted by Crippen LogP contribution is 2.26. The number of aromatic nitrogens is 2. The molecule has 1 aliphatic carbocycles. The van der Waals surface area contributed by atoms with Crippen molar-refractivity contribution in [1.29, 1.82) is 0 Å². The van der Waals surface area contributed by atoms with Gasteiger partial charge in [0.1, 0.15) is 22.4 Å². The molecule has 0 radical (unpaired) electrons. The van der Waals surface area contributed by atoms with E-state index in [2.05, 4.69) is 43.0 Å². The van der Waals surface area contributed by atoms with Gasteiger partial charge >= 0.3 is 0 Å². The van der Waals surface area contributed by atoms with E-state index in [0.29, 0.717) is 5.82 Å². The van der Waals surface area contributed by atoms with Crippen LogP contribution in [0.5, 0.6) is 0 Å². The Labute approximate surface area is 110 Å². The molecule has 0 unspecified atom stereocenters. The molecule has 1 aromatic heterocycles. The van der Waals surface area contributed by atoms with Crippen molar-refractivity contribution < 1.29 is 0 Å². The van der Waals surface area contributed by atoms with Crippen molar-refractivity contribution >= 4 is 27.6 Å². The molecular weight excluding hydrogens is 282 g/mol.